The zero-order valence-electron chi connectivity index (χ0n) is 13.2. The van der Waals surface area contributed by atoms with Gasteiger partial charge in [-0.3, -0.25) is 9.35 Å². The molecule has 0 aromatic rings. The molecule has 0 aliphatic rings. The second-order valence-corrected chi connectivity index (χ2v) is 7.39. The maximum absolute atomic E-state index is 11.6. The molecule has 3 N–H and O–H groups in total. The Labute approximate surface area is 157 Å². The van der Waals surface area contributed by atoms with E-state index >= 15 is 0 Å². The van der Waals surface area contributed by atoms with E-state index in [-0.39, 0.29) is 48.3 Å². The van der Waals surface area contributed by atoms with Gasteiger partial charge in [0.1, 0.15) is 11.0 Å². The summed E-state index contributed by atoms with van der Waals surface area (Å²) < 4.78 is 30.8. The first-order valence-electron chi connectivity index (χ1n) is 8.09. The number of Topliss-reactive ketones (excluding diaryl/α,β-unsaturated/α-hetero) is 1. The molecule has 1 unspecified atom stereocenters. The fourth-order valence-corrected chi connectivity index (χ4v) is 2.94. The van der Waals surface area contributed by atoms with Crippen molar-refractivity contribution in [2.45, 2.75) is 82.8 Å². The van der Waals surface area contributed by atoms with E-state index < -0.39 is 15.4 Å². The third-order valence-corrected chi connectivity index (χ3v) is 4.90. The van der Waals surface area contributed by atoms with Crippen LogP contribution in [0.3, 0.4) is 0 Å². The molecule has 0 heterocycles. The van der Waals surface area contributed by atoms with Crippen LogP contribution in [0.4, 0.5) is 0 Å². The zero-order valence-corrected chi connectivity index (χ0v) is 14.0. The maximum atomic E-state index is 11.6. The van der Waals surface area contributed by atoms with Crippen molar-refractivity contribution in [3.63, 3.8) is 0 Å². The molecule has 5 nitrogen and oxygen atoms in total. The molecule has 128 valence electrons. The van der Waals surface area contributed by atoms with Crippen LogP contribution in [-0.4, -0.2) is 60.1 Å². The second-order valence-electron chi connectivity index (χ2n) is 5.69. The molecule has 0 saturated heterocycles. The van der Waals surface area contributed by atoms with Gasteiger partial charge < -0.3 is 5.73 Å². The van der Waals surface area contributed by atoms with Gasteiger partial charge in [-0.25, -0.2) is 0 Å². The van der Waals surface area contributed by atoms with Crippen LogP contribution in [0.1, 0.15) is 77.6 Å². The van der Waals surface area contributed by atoms with E-state index in [9.17, 15) is 13.2 Å². The molecule has 0 radical (unpaired) electrons. The first-order chi connectivity index (χ1) is 9.91. The summed E-state index contributed by atoms with van der Waals surface area (Å²) in [5, 5.41) is -1.15. The third-order valence-electron chi connectivity index (χ3n) is 3.70. The van der Waals surface area contributed by atoms with Crippen molar-refractivity contribution in [2.24, 2.45) is 5.73 Å². The average molecular weight is 345 g/mol. The summed E-state index contributed by atoms with van der Waals surface area (Å²) in [6.45, 7) is 1.98. The number of rotatable bonds is 14. The number of hydrogen-bond acceptors (Lipinski definition) is 4. The van der Waals surface area contributed by atoms with Gasteiger partial charge in [-0.1, -0.05) is 58.3 Å². The first kappa shape index (κ1) is 24.8. The van der Waals surface area contributed by atoms with Crippen LogP contribution >= 0.6 is 0 Å². The van der Waals surface area contributed by atoms with Gasteiger partial charge in [0.15, 0.2) is 0 Å². The van der Waals surface area contributed by atoms with Gasteiger partial charge in [0.2, 0.25) is 0 Å². The molecule has 0 spiro atoms. The Balaban J connectivity index is 0. The Morgan fingerprint density at radius 2 is 1.45 bits per heavy atom. The summed E-state index contributed by atoms with van der Waals surface area (Å²) >= 11 is 0. The quantitative estimate of drug-likeness (QED) is 0.286. The van der Waals surface area contributed by atoms with Crippen LogP contribution in [0.2, 0.25) is 0 Å². The number of carbonyl (C=O) groups excluding carboxylic acids is 1. The predicted octanol–water partition coefficient (Wildman–Crippen LogP) is 2.43. The number of unbranched alkanes of at least 4 members (excludes halogenated alkanes) is 8. The van der Waals surface area contributed by atoms with Gasteiger partial charge in [0, 0.05) is 19.4 Å². The minimum atomic E-state index is -4.21. The Morgan fingerprint density at radius 1 is 1.00 bits per heavy atom. The van der Waals surface area contributed by atoms with Gasteiger partial charge >= 0.3 is 29.6 Å². The molecule has 0 bridgehead atoms. The molecule has 0 aliphatic carbocycles. The molecule has 22 heavy (non-hydrogen) atoms. The minimum absolute atomic E-state index is 0. The standard InChI is InChI=1S/C15H31NO4S.Na.H/c1-2-3-4-5-6-7-8-9-10-11-14(17)12-15(13-16)21(18,19)20;;/h15H,2-13,16H2,1H3,(H,18,19,20);;. The Kier molecular flexibility index (Phi) is 17.0. The van der Waals surface area contributed by atoms with Crippen molar-refractivity contribution in [3.05, 3.63) is 0 Å². The molecule has 1 atom stereocenters. The number of carbonyl (C=O) groups is 1. The van der Waals surface area contributed by atoms with E-state index in [1.165, 1.54) is 38.5 Å². The molecule has 0 aromatic heterocycles. The Bertz CT molecular complexity index is 374. The van der Waals surface area contributed by atoms with Gasteiger partial charge in [-0.05, 0) is 6.42 Å². The van der Waals surface area contributed by atoms with E-state index in [1.807, 2.05) is 0 Å². The van der Waals surface area contributed by atoms with Crippen LogP contribution in [0, 0.1) is 0 Å². The second kappa shape index (κ2) is 15.1. The normalized spacial score (nSPS) is 12.7. The van der Waals surface area contributed by atoms with Crippen molar-refractivity contribution < 1.29 is 17.8 Å². The molecule has 0 amide bonds. The number of nitrogens with two attached hydrogens (primary N) is 1. The number of ketones is 1. The van der Waals surface area contributed by atoms with E-state index in [2.05, 4.69) is 6.92 Å². The predicted molar refractivity (Wildman–Crippen MR) is 93.0 cm³/mol. The van der Waals surface area contributed by atoms with Gasteiger partial charge in [0.05, 0.1) is 0 Å². The summed E-state index contributed by atoms with van der Waals surface area (Å²) in [6, 6.07) is 0. The SMILES string of the molecule is CCCCCCCCCCCC(=O)CC(CN)S(=O)(=O)O.[NaH]. The van der Waals surface area contributed by atoms with Crippen LogP contribution < -0.4 is 5.73 Å². The third kappa shape index (κ3) is 14.2. The first-order valence-corrected chi connectivity index (χ1v) is 9.60. The molecule has 7 heteroatoms. The average Bonchev–Trinajstić information content (AvgIpc) is 2.41. The molecular weight excluding hydrogens is 313 g/mol. The summed E-state index contributed by atoms with van der Waals surface area (Å²) in [5.74, 6) is -0.133. The zero-order chi connectivity index (χ0) is 16.1. The van der Waals surface area contributed by atoms with E-state index in [4.69, 9.17) is 10.3 Å². The van der Waals surface area contributed by atoms with Crippen molar-refractivity contribution >= 4 is 45.5 Å². The van der Waals surface area contributed by atoms with Gasteiger partial charge in [-0.2, -0.15) is 8.42 Å². The Morgan fingerprint density at radius 3 is 1.86 bits per heavy atom. The van der Waals surface area contributed by atoms with Crippen molar-refractivity contribution in [3.8, 4) is 0 Å². The van der Waals surface area contributed by atoms with Crippen LogP contribution in [0.5, 0.6) is 0 Å². The fourth-order valence-electron chi connectivity index (χ4n) is 2.30. The van der Waals surface area contributed by atoms with E-state index in [1.54, 1.807) is 0 Å². The fraction of sp³-hybridized carbons (Fsp3) is 0.933. The summed E-state index contributed by atoms with van der Waals surface area (Å²) in [5.41, 5.74) is 5.26. The van der Waals surface area contributed by atoms with Crippen molar-refractivity contribution in [1.29, 1.82) is 0 Å². The monoisotopic (exact) mass is 345 g/mol. The van der Waals surface area contributed by atoms with Crippen LogP contribution in [0.15, 0.2) is 0 Å². The molecule has 0 rings (SSSR count). The summed E-state index contributed by atoms with van der Waals surface area (Å²) in [4.78, 5) is 11.6. The molecule has 0 aliphatic heterocycles. The van der Waals surface area contributed by atoms with Crippen molar-refractivity contribution in [1.82, 2.24) is 0 Å². The summed E-state index contributed by atoms with van der Waals surface area (Å²) in [6.07, 6.45) is 10.7. The molecule has 0 aromatic carbocycles. The van der Waals surface area contributed by atoms with Gasteiger partial charge in [0.25, 0.3) is 10.1 Å². The van der Waals surface area contributed by atoms with Crippen LogP contribution in [0.25, 0.3) is 0 Å². The number of hydrogen-bond donors (Lipinski definition) is 2. The molecule has 0 fully saturated rings. The summed E-state index contributed by atoms with van der Waals surface area (Å²) in [7, 11) is -4.21. The topological polar surface area (TPSA) is 97.5 Å². The van der Waals surface area contributed by atoms with E-state index in [0.717, 1.165) is 19.3 Å². The molecule has 0 saturated carbocycles. The van der Waals surface area contributed by atoms with Crippen LogP contribution in [-0.2, 0) is 14.9 Å². The Hall–Kier alpha value is 0.540. The molecular formula is C15H32NNaO4S. The van der Waals surface area contributed by atoms with E-state index in [0.29, 0.717) is 6.42 Å². The van der Waals surface area contributed by atoms with Crippen molar-refractivity contribution in [2.75, 3.05) is 6.54 Å². The van der Waals surface area contributed by atoms with Gasteiger partial charge in [-0.15, -0.1) is 0 Å².